The van der Waals surface area contributed by atoms with E-state index in [2.05, 4.69) is 9.46 Å². The second-order valence-corrected chi connectivity index (χ2v) is 7.36. The average Bonchev–Trinajstić information content (AvgIpc) is 2.68. The Morgan fingerprint density at radius 2 is 1.63 bits per heavy atom. The quantitative estimate of drug-likeness (QED) is 0.734. The van der Waals surface area contributed by atoms with E-state index in [1.54, 1.807) is 11.0 Å². The van der Waals surface area contributed by atoms with E-state index >= 15 is 0 Å². The first-order valence-electron chi connectivity index (χ1n) is 8.43. The Hall–Kier alpha value is -2.87. The van der Waals surface area contributed by atoms with Crippen LogP contribution >= 0.6 is 0 Å². The summed E-state index contributed by atoms with van der Waals surface area (Å²) in [7, 11) is -2.61. The molecule has 27 heavy (non-hydrogen) atoms. The summed E-state index contributed by atoms with van der Waals surface area (Å²) in [6.45, 7) is 4.92. The van der Waals surface area contributed by atoms with Gasteiger partial charge < -0.3 is 9.64 Å². The fraction of sp³-hybridized carbons (Fsp3) is 0.263. The van der Waals surface area contributed by atoms with Gasteiger partial charge in [0.25, 0.3) is 15.9 Å². The molecule has 0 saturated heterocycles. The van der Waals surface area contributed by atoms with Crippen molar-refractivity contribution < 1.29 is 22.7 Å². The number of esters is 1. The Balaban J connectivity index is 2.22. The van der Waals surface area contributed by atoms with Crippen LogP contribution < -0.4 is 4.72 Å². The van der Waals surface area contributed by atoms with Crippen molar-refractivity contribution in [2.24, 2.45) is 0 Å². The summed E-state index contributed by atoms with van der Waals surface area (Å²) >= 11 is 0. The van der Waals surface area contributed by atoms with Gasteiger partial charge >= 0.3 is 5.97 Å². The van der Waals surface area contributed by atoms with Crippen molar-refractivity contribution in [1.82, 2.24) is 4.90 Å². The van der Waals surface area contributed by atoms with E-state index in [-0.39, 0.29) is 22.1 Å². The number of carbonyl (C=O) groups excluding carboxylic acids is 2. The summed E-state index contributed by atoms with van der Waals surface area (Å²) in [6.07, 6.45) is 0. The van der Waals surface area contributed by atoms with Gasteiger partial charge in [-0.3, -0.25) is 9.52 Å². The molecule has 0 aromatic heterocycles. The van der Waals surface area contributed by atoms with E-state index in [0.717, 1.165) is 0 Å². The third kappa shape index (κ3) is 4.85. The molecular weight excluding hydrogens is 368 g/mol. The number of sulfonamides is 1. The molecule has 0 aliphatic rings. The number of carbonyl (C=O) groups is 2. The molecule has 2 aromatic carbocycles. The molecule has 1 amide bonds. The van der Waals surface area contributed by atoms with Gasteiger partial charge in [0.15, 0.2) is 0 Å². The first-order valence-corrected chi connectivity index (χ1v) is 9.91. The monoisotopic (exact) mass is 390 g/mol. The molecular formula is C19H22N2O5S. The molecule has 0 heterocycles. The number of nitrogens with one attached hydrogen (secondary N) is 1. The lowest BCUT2D eigenvalue weighted by Crippen LogP contribution is -2.30. The number of hydrogen-bond acceptors (Lipinski definition) is 5. The van der Waals surface area contributed by atoms with Crippen LogP contribution in [0.15, 0.2) is 53.4 Å². The van der Waals surface area contributed by atoms with Gasteiger partial charge in [-0.2, -0.15) is 0 Å². The van der Waals surface area contributed by atoms with Gasteiger partial charge in [0.2, 0.25) is 0 Å². The highest BCUT2D eigenvalue weighted by molar-refractivity contribution is 7.92. The number of hydrogen-bond donors (Lipinski definition) is 1. The molecule has 144 valence electrons. The van der Waals surface area contributed by atoms with Crippen molar-refractivity contribution in [3.05, 3.63) is 59.7 Å². The Bertz CT molecular complexity index is 919. The minimum absolute atomic E-state index is 0.0158. The van der Waals surface area contributed by atoms with E-state index in [4.69, 9.17) is 0 Å². The Kier molecular flexibility index (Phi) is 6.57. The van der Waals surface area contributed by atoms with Crippen LogP contribution in [0.4, 0.5) is 5.69 Å². The maximum absolute atomic E-state index is 12.6. The number of ether oxygens (including phenoxy) is 1. The molecule has 8 heteroatoms. The standard InChI is InChI=1S/C19H22N2O5S/c1-4-21(5-2)18(22)14-9-11-17(12-10-14)27(24,25)20-16-8-6-7-15(13-16)19(23)26-3/h6-13,20H,4-5H2,1-3H3. The molecule has 0 aliphatic heterocycles. The van der Waals surface area contributed by atoms with E-state index in [1.165, 1.54) is 49.6 Å². The Labute approximate surface area is 159 Å². The van der Waals surface area contributed by atoms with Crippen LogP contribution in [0.1, 0.15) is 34.6 Å². The van der Waals surface area contributed by atoms with Crippen molar-refractivity contribution in [2.75, 3.05) is 24.9 Å². The van der Waals surface area contributed by atoms with E-state index in [9.17, 15) is 18.0 Å². The van der Waals surface area contributed by atoms with Crippen LogP contribution in [-0.2, 0) is 14.8 Å². The number of nitrogens with zero attached hydrogens (tertiary/aromatic N) is 1. The van der Waals surface area contributed by atoms with Gasteiger partial charge in [0.05, 0.1) is 17.6 Å². The highest BCUT2D eigenvalue weighted by Crippen LogP contribution is 2.19. The summed E-state index contributed by atoms with van der Waals surface area (Å²) in [5.41, 5.74) is 0.893. The first-order chi connectivity index (χ1) is 12.8. The Morgan fingerprint density at radius 3 is 2.19 bits per heavy atom. The molecule has 0 bridgehead atoms. The predicted molar refractivity (Wildman–Crippen MR) is 102 cm³/mol. The maximum Gasteiger partial charge on any atom is 0.337 e. The number of methoxy groups -OCH3 is 1. The molecule has 0 aliphatic carbocycles. The van der Waals surface area contributed by atoms with Crippen molar-refractivity contribution in [3.63, 3.8) is 0 Å². The molecule has 7 nitrogen and oxygen atoms in total. The van der Waals surface area contributed by atoms with E-state index in [1.807, 2.05) is 13.8 Å². The van der Waals surface area contributed by atoms with Crippen LogP contribution in [0.25, 0.3) is 0 Å². The first kappa shape index (κ1) is 20.4. The van der Waals surface area contributed by atoms with Crippen molar-refractivity contribution in [2.45, 2.75) is 18.7 Å². The van der Waals surface area contributed by atoms with E-state index < -0.39 is 16.0 Å². The van der Waals surface area contributed by atoms with Crippen LogP contribution in [0.3, 0.4) is 0 Å². The van der Waals surface area contributed by atoms with Crippen molar-refractivity contribution in [3.8, 4) is 0 Å². The zero-order valence-electron chi connectivity index (χ0n) is 15.4. The third-order valence-corrected chi connectivity index (χ3v) is 5.40. The minimum Gasteiger partial charge on any atom is -0.465 e. The topological polar surface area (TPSA) is 92.8 Å². The molecule has 1 N–H and O–H groups in total. The zero-order valence-corrected chi connectivity index (χ0v) is 16.2. The summed E-state index contributed by atoms with van der Waals surface area (Å²) in [6, 6.07) is 11.7. The molecule has 0 atom stereocenters. The van der Waals surface area contributed by atoms with E-state index in [0.29, 0.717) is 18.7 Å². The fourth-order valence-electron chi connectivity index (χ4n) is 2.51. The van der Waals surface area contributed by atoms with Crippen LogP contribution in [0.2, 0.25) is 0 Å². The smallest absolute Gasteiger partial charge is 0.337 e. The highest BCUT2D eigenvalue weighted by Gasteiger charge is 2.17. The highest BCUT2D eigenvalue weighted by atomic mass is 32.2. The maximum atomic E-state index is 12.6. The predicted octanol–water partition coefficient (Wildman–Crippen LogP) is 2.76. The number of amides is 1. The van der Waals surface area contributed by atoms with Gasteiger partial charge in [-0.25, -0.2) is 13.2 Å². The number of rotatable bonds is 7. The summed E-state index contributed by atoms with van der Waals surface area (Å²) in [5.74, 6) is -0.710. The van der Waals surface area contributed by atoms with Crippen LogP contribution in [0.5, 0.6) is 0 Å². The molecule has 0 radical (unpaired) electrons. The molecule has 2 rings (SSSR count). The molecule has 0 unspecified atom stereocenters. The molecule has 0 fully saturated rings. The number of benzene rings is 2. The van der Waals surface area contributed by atoms with Gasteiger partial charge in [-0.15, -0.1) is 0 Å². The van der Waals surface area contributed by atoms with Crippen LogP contribution in [0, 0.1) is 0 Å². The lowest BCUT2D eigenvalue weighted by atomic mass is 10.2. The van der Waals surface area contributed by atoms with Crippen molar-refractivity contribution in [1.29, 1.82) is 0 Å². The largest absolute Gasteiger partial charge is 0.465 e. The molecule has 0 spiro atoms. The lowest BCUT2D eigenvalue weighted by Gasteiger charge is -2.18. The third-order valence-electron chi connectivity index (χ3n) is 4.00. The zero-order chi connectivity index (χ0) is 20.0. The van der Waals surface area contributed by atoms with Crippen LogP contribution in [-0.4, -0.2) is 45.4 Å². The Morgan fingerprint density at radius 1 is 1.00 bits per heavy atom. The van der Waals surface area contributed by atoms with Gasteiger partial charge in [0, 0.05) is 24.3 Å². The SMILES string of the molecule is CCN(CC)C(=O)c1ccc(S(=O)(=O)Nc2cccc(C(=O)OC)c2)cc1. The average molecular weight is 390 g/mol. The summed E-state index contributed by atoms with van der Waals surface area (Å²) < 4.78 is 32.2. The lowest BCUT2D eigenvalue weighted by molar-refractivity contribution is 0.0600. The second kappa shape index (κ2) is 8.68. The number of anilines is 1. The fourth-order valence-corrected chi connectivity index (χ4v) is 3.56. The minimum atomic E-state index is -3.86. The summed E-state index contributed by atoms with van der Waals surface area (Å²) in [4.78, 5) is 25.5. The summed E-state index contributed by atoms with van der Waals surface area (Å²) in [5, 5.41) is 0. The van der Waals surface area contributed by atoms with Gasteiger partial charge in [-0.1, -0.05) is 6.07 Å². The van der Waals surface area contributed by atoms with Gasteiger partial charge in [0.1, 0.15) is 0 Å². The normalized spacial score (nSPS) is 10.9. The second-order valence-electron chi connectivity index (χ2n) is 5.68. The van der Waals surface area contributed by atoms with Gasteiger partial charge in [-0.05, 0) is 56.3 Å². The van der Waals surface area contributed by atoms with Crippen molar-refractivity contribution >= 4 is 27.6 Å². The molecule has 0 saturated carbocycles. The molecule has 2 aromatic rings.